The van der Waals surface area contributed by atoms with E-state index in [9.17, 15) is 18.8 Å². The van der Waals surface area contributed by atoms with Gasteiger partial charge < -0.3 is 16.0 Å². The van der Waals surface area contributed by atoms with Crippen molar-refractivity contribution in [3.8, 4) is 17.2 Å². The summed E-state index contributed by atoms with van der Waals surface area (Å²) in [7, 11) is 1.74. The average Bonchev–Trinajstić information content (AvgIpc) is 3.40. The predicted octanol–water partition coefficient (Wildman–Crippen LogP) is 4.27. The lowest BCUT2D eigenvalue weighted by Crippen LogP contribution is -2.29. The van der Waals surface area contributed by atoms with Gasteiger partial charge in [-0.15, -0.1) is 0 Å². The quantitative estimate of drug-likeness (QED) is 0.321. The summed E-state index contributed by atoms with van der Waals surface area (Å²) in [5.74, 6) is -1.60. The van der Waals surface area contributed by atoms with Crippen molar-refractivity contribution in [2.24, 2.45) is 4.99 Å². The zero-order valence-corrected chi connectivity index (χ0v) is 21.7. The van der Waals surface area contributed by atoms with Gasteiger partial charge in [-0.2, -0.15) is 5.26 Å². The van der Waals surface area contributed by atoms with Crippen molar-refractivity contribution in [3.05, 3.63) is 106 Å². The number of rotatable bonds is 7. The predicted molar refractivity (Wildman–Crippen MR) is 145 cm³/mol. The van der Waals surface area contributed by atoms with Gasteiger partial charge in [-0.3, -0.25) is 14.8 Å². The number of carbonyl (C=O) groups excluding carboxylic acids is 1. The van der Waals surface area contributed by atoms with Crippen LogP contribution in [0.2, 0.25) is 0 Å². The number of aliphatic imine (C=N–C) groups is 1. The molecule has 5 rings (SSSR count). The Morgan fingerprint density at radius 2 is 1.90 bits per heavy atom. The van der Waals surface area contributed by atoms with Gasteiger partial charge in [0.15, 0.2) is 28.8 Å². The number of hydrogen-bond donors (Lipinski definition) is 3. The first-order chi connectivity index (χ1) is 19.4. The van der Waals surface area contributed by atoms with Gasteiger partial charge in [0.05, 0.1) is 24.5 Å². The fourth-order valence-corrected chi connectivity index (χ4v) is 4.32. The first-order valence-corrected chi connectivity index (χ1v) is 12.4. The summed E-state index contributed by atoms with van der Waals surface area (Å²) >= 11 is 0. The second-order valence-corrected chi connectivity index (χ2v) is 9.13. The van der Waals surface area contributed by atoms with Crippen molar-refractivity contribution in [1.82, 2.24) is 25.6 Å². The van der Waals surface area contributed by atoms with E-state index >= 15 is 0 Å². The van der Waals surface area contributed by atoms with Gasteiger partial charge in [-0.25, -0.2) is 18.7 Å². The molecule has 11 heteroatoms. The molecule has 0 saturated carbocycles. The highest BCUT2D eigenvalue weighted by atomic mass is 19.2. The minimum atomic E-state index is -1.01. The number of anilines is 1. The van der Waals surface area contributed by atoms with Crippen LogP contribution in [-0.4, -0.2) is 33.7 Å². The molecule has 0 spiro atoms. The monoisotopic (exact) mass is 538 g/mol. The number of nitrogens with one attached hydrogen (secondary N) is 3. The molecule has 0 unspecified atom stereocenters. The smallest absolute Gasteiger partial charge is 0.274 e. The summed E-state index contributed by atoms with van der Waals surface area (Å²) in [6, 6.07) is 14.5. The average molecular weight is 539 g/mol. The van der Waals surface area contributed by atoms with Gasteiger partial charge in [0.1, 0.15) is 11.9 Å². The Hall–Kier alpha value is -5.24. The number of nitriles is 1. The van der Waals surface area contributed by atoms with E-state index in [1.807, 2.05) is 36.5 Å². The summed E-state index contributed by atoms with van der Waals surface area (Å²) in [5.41, 5.74) is 5.09. The third-order valence-electron chi connectivity index (χ3n) is 6.51. The Labute approximate surface area is 229 Å². The molecule has 0 aliphatic carbocycles. The van der Waals surface area contributed by atoms with Crippen molar-refractivity contribution in [1.29, 1.82) is 5.26 Å². The van der Waals surface area contributed by atoms with Crippen LogP contribution in [0.15, 0.2) is 65.9 Å². The van der Waals surface area contributed by atoms with Crippen LogP contribution in [0, 0.1) is 23.0 Å². The van der Waals surface area contributed by atoms with Crippen LogP contribution >= 0.6 is 0 Å². The third kappa shape index (κ3) is 5.47. The maximum atomic E-state index is 13.7. The molecule has 0 bridgehead atoms. The van der Waals surface area contributed by atoms with Gasteiger partial charge >= 0.3 is 0 Å². The highest BCUT2D eigenvalue weighted by Crippen LogP contribution is 2.24. The van der Waals surface area contributed by atoms with Crippen molar-refractivity contribution in [3.63, 3.8) is 0 Å². The van der Waals surface area contributed by atoms with Crippen molar-refractivity contribution in [2.45, 2.75) is 26.1 Å². The zero-order chi connectivity index (χ0) is 28.2. The maximum absolute atomic E-state index is 13.7. The third-order valence-corrected chi connectivity index (χ3v) is 6.51. The first-order valence-electron chi connectivity index (χ1n) is 12.4. The highest BCUT2D eigenvalue weighted by Gasteiger charge is 2.20. The van der Waals surface area contributed by atoms with Gasteiger partial charge in [0.25, 0.3) is 5.91 Å². The molecule has 0 fully saturated rings. The van der Waals surface area contributed by atoms with Crippen LogP contribution in [-0.2, 0) is 13.1 Å². The molecule has 0 radical (unpaired) electrons. The van der Waals surface area contributed by atoms with E-state index in [4.69, 9.17) is 0 Å². The number of aromatic nitrogens is 3. The Balaban J connectivity index is 1.30. The Bertz CT molecular complexity index is 1660. The topological polar surface area (TPSA) is 128 Å². The summed E-state index contributed by atoms with van der Waals surface area (Å²) in [6.07, 6.45) is 3.11. The van der Waals surface area contributed by atoms with E-state index < -0.39 is 23.6 Å². The normalized spacial score (nSPS) is 13.7. The molecule has 2 aromatic heterocycles. The van der Waals surface area contributed by atoms with E-state index in [1.54, 1.807) is 14.0 Å². The fourth-order valence-electron chi connectivity index (χ4n) is 4.32. The van der Waals surface area contributed by atoms with Gasteiger partial charge in [0.2, 0.25) is 0 Å². The molecule has 200 valence electrons. The molecular weight excluding hydrogens is 514 g/mol. The zero-order valence-electron chi connectivity index (χ0n) is 21.7. The maximum Gasteiger partial charge on any atom is 0.274 e. The lowest BCUT2D eigenvalue weighted by Gasteiger charge is -2.16. The van der Waals surface area contributed by atoms with E-state index in [2.05, 4.69) is 42.0 Å². The number of pyridine rings is 1. The lowest BCUT2D eigenvalue weighted by atomic mass is 10.0. The van der Waals surface area contributed by atoms with E-state index in [0.717, 1.165) is 45.9 Å². The second-order valence-electron chi connectivity index (χ2n) is 9.13. The van der Waals surface area contributed by atoms with Crippen LogP contribution in [0.4, 0.5) is 14.6 Å². The van der Waals surface area contributed by atoms with Crippen LogP contribution in [0.25, 0.3) is 11.1 Å². The molecule has 1 aliphatic heterocycles. The van der Waals surface area contributed by atoms with Crippen LogP contribution in [0.1, 0.15) is 51.5 Å². The number of halogens is 2. The number of amides is 1. The summed E-state index contributed by atoms with van der Waals surface area (Å²) in [5, 5.41) is 18.3. The summed E-state index contributed by atoms with van der Waals surface area (Å²) in [4.78, 5) is 30.2. The number of nitrogens with zero attached hydrogens (tertiary/aromatic N) is 5. The van der Waals surface area contributed by atoms with Gasteiger partial charge in [0, 0.05) is 30.9 Å². The largest absolute Gasteiger partial charge is 0.364 e. The van der Waals surface area contributed by atoms with Crippen molar-refractivity contribution >= 4 is 17.6 Å². The Morgan fingerprint density at radius 3 is 2.62 bits per heavy atom. The van der Waals surface area contributed by atoms with Gasteiger partial charge in [-0.1, -0.05) is 30.3 Å². The lowest BCUT2D eigenvalue weighted by molar-refractivity contribution is 0.0935. The van der Waals surface area contributed by atoms with Crippen LogP contribution < -0.4 is 16.0 Å². The molecule has 0 saturated heterocycles. The summed E-state index contributed by atoms with van der Waals surface area (Å²) in [6.45, 7) is 2.62. The second kappa shape index (κ2) is 11.2. The number of fused-ring (bicyclic) bond motifs is 1. The van der Waals surface area contributed by atoms with E-state index in [-0.39, 0.29) is 17.2 Å². The molecule has 2 aromatic carbocycles. The standard InChI is InChI=1S/C29H24F2N8O/c1-16(19-7-8-23(30)24(31)10-19)38-29(40)26-28(36-14-21(11-32)39-26)35-12-17-3-5-18(6-4-17)20-9-22-25(34-13-20)15-37-27(22)33-2/h3-10,13-14,16H,12,15H2,1-2H3,(H,33,37)(H,35,36)(H,38,40)/t16-/m0/s1. The number of benzene rings is 2. The van der Waals surface area contributed by atoms with E-state index in [1.165, 1.54) is 12.3 Å². The molecular formula is C29H24F2N8O. The molecule has 1 amide bonds. The number of amidine groups is 1. The minimum absolute atomic E-state index is 0.0324. The minimum Gasteiger partial charge on any atom is -0.364 e. The van der Waals surface area contributed by atoms with Crippen molar-refractivity contribution in [2.75, 3.05) is 12.4 Å². The van der Waals surface area contributed by atoms with Crippen molar-refractivity contribution < 1.29 is 13.6 Å². The molecule has 9 nitrogen and oxygen atoms in total. The number of carbonyl (C=O) groups is 1. The SMILES string of the molecule is CN=C1NCc2ncc(-c3ccc(CNc4ncc(C#N)nc4C(=O)N[C@@H](C)c4ccc(F)c(F)c4)cc3)cc21. The van der Waals surface area contributed by atoms with Crippen LogP contribution in [0.5, 0.6) is 0 Å². The number of hydrogen-bond acceptors (Lipinski definition) is 7. The molecule has 1 aliphatic rings. The Morgan fingerprint density at radius 1 is 1.10 bits per heavy atom. The fraction of sp³-hybridized carbons (Fsp3) is 0.172. The first kappa shape index (κ1) is 26.4. The van der Waals surface area contributed by atoms with Crippen LogP contribution in [0.3, 0.4) is 0 Å². The van der Waals surface area contributed by atoms with Gasteiger partial charge in [-0.05, 0) is 41.8 Å². The summed E-state index contributed by atoms with van der Waals surface area (Å²) < 4.78 is 27.0. The molecule has 40 heavy (non-hydrogen) atoms. The van der Waals surface area contributed by atoms with E-state index in [0.29, 0.717) is 18.7 Å². The molecule has 3 heterocycles. The molecule has 1 atom stereocenters. The Kier molecular flexibility index (Phi) is 7.41. The molecule has 3 N–H and O–H groups in total. The highest BCUT2D eigenvalue weighted by molar-refractivity contribution is 6.02. The molecule has 4 aromatic rings.